The maximum atomic E-state index is 12.8. The Morgan fingerprint density at radius 2 is 1.19 bits per heavy atom. The number of hydrogen-bond donors (Lipinski definition) is 7. The van der Waals surface area contributed by atoms with E-state index in [1.807, 2.05) is 0 Å². The van der Waals surface area contributed by atoms with E-state index in [9.17, 15) is 28.8 Å². The van der Waals surface area contributed by atoms with Crippen LogP contribution in [0.2, 0.25) is 0 Å². The number of carbonyl (C=O) groups excluding carboxylic acids is 5. The van der Waals surface area contributed by atoms with Crippen LogP contribution in [0.3, 0.4) is 0 Å². The topological polar surface area (TPSA) is 237 Å². The molecule has 0 aromatic rings. The summed E-state index contributed by atoms with van der Waals surface area (Å²) < 4.78 is 0. The van der Waals surface area contributed by atoms with Gasteiger partial charge in [0.05, 0.1) is 12.5 Å². The van der Waals surface area contributed by atoms with Gasteiger partial charge < -0.3 is 38.3 Å². The first kappa shape index (κ1) is 28.8. The normalized spacial score (nSPS) is 14.7. The fourth-order valence-electron chi connectivity index (χ4n) is 2.66. The minimum Gasteiger partial charge on any atom is -0.480 e. The van der Waals surface area contributed by atoms with Gasteiger partial charge in [-0.05, 0) is 18.3 Å². The second-order valence-electron chi connectivity index (χ2n) is 8.14. The molecule has 0 saturated heterocycles. The molecule has 0 radical (unpaired) electrons. The SMILES string of the molecule is CC(C)C(NC(=O)C(N)CCC(N)=O)C(=O)NC(C(=O)NC(CC(N)=O)C(=O)O)C(C)C. The highest BCUT2D eigenvalue weighted by Crippen LogP contribution is 2.08. The van der Waals surface area contributed by atoms with Crippen LogP contribution in [0.4, 0.5) is 0 Å². The van der Waals surface area contributed by atoms with Crippen LogP contribution in [0.15, 0.2) is 0 Å². The third-order valence-corrected chi connectivity index (χ3v) is 4.55. The van der Waals surface area contributed by atoms with E-state index < -0.39 is 72.0 Å². The Hall–Kier alpha value is -3.22. The van der Waals surface area contributed by atoms with Crippen molar-refractivity contribution in [2.45, 2.75) is 71.1 Å². The average Bonchev–Trinajstić information content (AvgIpc) is 2.66. The minimum absolute atomic E-state index is 0.00106. The average molecular weight is 459 g/mol. The summed E-state index contributed by atoms with van der Waals surface area (Å²) in [5.41, 5.74) is 15.8. The van der Waals surface area contributed by atoms with Crippen molar-refractivity contribution in [1.29, 1.82) is 0 Å². The molecule has 0 spiro atoms. The highest BCUT2D eigenvalue weighted by molar-refractivity contribution is 5.95. The maximum absolute atomic E-state index is 12.8. The van der Waals surface area contributed by atoms with E-state index in [1.54, 1.807) is 27.7 Å². The summed E-state index contributed by atoms with van der Waals surface area (Å²) in [5, 5.41) is 16.3. The molecule has 4 atom stereocenters. The van der Waals surface area contributed by atoms with Crippen LogP contribution in [0.1, 0.15) is 47.0 Å². The third kappa shape index (κ3) is 10.2. The summed E-state index contributed by atoms with van der Waals surface area (Å²) >= 11 is 0. The summed E-state index contributed by atoms with van der Waals surface area (Å²) in [4.78, 5) is 70.9. The largest absolute Gasteiger partial charge is 0.480 e. The molecule has 10 N–H and O–H groups in total. The smallest absolute Gasteiger partial charge is 0.326 e. The van der Waals surface area contributed by atoms with Crippen LogP contribution in [0.25, 0.3) is 0 Å². The quantitative estimate of drug-likeness (QED) is 0.144. The van der Waals surface area contributed by atoms with Crippen LogP contribution in [-0.4, -0.2) is 64.8 Å². The number of carboxylic acids is 1. The first-order valence-corrected chi connectivity index (χ1v) is 10.1. The highest BCUT2D eigenvalue weighted by Gasteiger charge is 2.33. The lowest BCUT2D eigenvalue weighted by Gasteiger charge is -2.28. The van der Waals surface area contributed by atoms with Gasteiger partial charge in [-0.25, -0.2) is 4.79 Å². The van der Waals surface area contributed by atoms with Crippen LogP contribution in [-0.2, 0) is 28.8 Å². The Kier molecular flexibility index (Phi) is 11.9. The number of hydrogen-bond acceptors (Lipinski definition) is 7. The van der Waals surface area contributed by atoms with E-state index >= 15 is 0 Å². The Morgan fingerprint density at radius 1 is 0.750 bits per heavy atom. The molecule has 0 aliphatic heterocycles. The number of carboxylic acid groups (broad SMARTS) is 1. The van der Waals surface area contributed by atoms with E-state index in [0.717, 1.165) is 0 Å². The molecule has 13 nitrogen and oxygen atoms in total. The van der Waals surface area contributed by atoms with Gasteiger partial charge in [0, 0.05) is 6.42 Å². The number of nitrogens with two attached hydrogens (primary N) is 3. The minimum atomic E-state index is -1.55. The zero-order valence-electron chi connectivity index (χ0n) is 18.7. The molecule has 0 fully saturated rings. The van der Waals surface area contributed by atoms with Gasteiger partial charge in [0.15, 0.2) is 0 Å². The number of carbonyl (C=O) groups is 6. The van der Waals surface area contributed by atoms with Crippen molar-refractivity contribution in [1.82, 2.24) is 16.0 Å². The molecular formula is C19H34N6O7. The van der Waals surface area contributed by atoms with E-state index in [1.165, 1.54) is 0 Å². The lowest BCUT2D eigenvalue weighted by molar-refractivity contribution is -0.144. The van der Waals surface area contributed by atoms with Crippen molar-refractivity contribution in [3.05, 3.63) is 0 Å². The molecule has 4 unspecified atom stereocenters. The second kappa shape index (κ2) is 13.2. The molecule has 32 heavy (non-hydrogen) atoms. The summed E-state index contributed by atoms with van der Waals surface area (Å²) in [6, 6.07) is -4.83. The summed E-state index contributed by atoms with van der Waals surface area (Å²) in [6.07, 6.45) is -0.715. The third-order valence-electron chi connectivity index (χ3n) is 4.55. The standard InChI is InChI=1S/C19H34N6O7/c1-8(2)14(17(29)23-11(19(31)32)7-13(22)27)25-18(30)15(9(3)4)24-16(28)10(20)5-6-12(21)26/h8-11,14-15H,5-7,20H2,1-4H3,(H2,21,26)(H2,22,27)(H,23,29)(H,24,28)(H,25,30)(H,31,32). The molecule has 0 aliphatic carbocycles. The Morgan fingerprint density at radius 3 is 1.56 bits per heavy atom. The molecule has 0 saturated carbocycles. The molecule has 5 amide bonds. The lowest BCUT2D eigenvalue weighted by Crippen LogP contribution is -2.59. The summed E-state index contributed by atoms with van der Waals surface area (Å²) in [6.45, 7) is 6.57. The number of aliphatic carboxylic acids is 1. The first-order chi connectivity index (χ1) is 14.7. The summed E-state index contributed by atoms with van der Waals surface area (Å²) in [5.74, 6) is -6.02. The van der Waals surface area contributed by atoms with E-state index in [0.29, 0.717) is 0 Å². The summed E-state index contributed by atoms with van der Waals surface area (Å²) in [7, 11) is 0. The fraction of sp³-hybridized carbons (Fsp3) is 0.684. The predicted molar refractivity (Wildman–Crippen MR) is 113 cm³/mol. The highest BCUT2D eigenvalue weighted by atomic mass is 16.4. The Balaban J connectivity index is 5.33. The van der Waals surface area contributed by atoms with Crippen molar-refractivity contribution < 1.29 is 33.9 Å². The molecule has 0 aromatic heterocycles. The number of primary amides is 2. The van der Waals surface area contributed by atoms with E-state index in [2.05, 4.69) is 16.0 Å². The Labute approximate surface area is 186 Å². The van der Waals surface area contributed by atoms with Gasteiger partial charge in [-0.1, -0.05) is 27.7 Å². The lowest BCUT2D eigenvalue weighted by atomic mass is 9.98. The van der Waals surface area contributed by atoms with Crippen LogP contribution >= 0.6 is 0 Å². The van der Waals surface area contributed by atoms with Crippen LogP contribution in [0, 0.1) is 11.8 Å². The van der Waals surface area contributed by atoms with E-state index in [-0.39, 0.29) is 18.8 Å². The molecule has 0 aromatic carbocycles. The zero-order valence-corrected chi connectivity index (χ0v) is 18.7. The molecule has 0 rings (SSSR count). The van der Waals surface area contributed by atoms with Gasteiger partial charge in [-0.2, -0.15) is 0 Å². The van der Waals surface area contributed by atoms with Gasteiger partial charge in [0.2, 0.25) is 29.5 Å². The van der Waals surface area contributed by atoms with Gasteiger partial charge in [-0.3, -0.25) is 24.0 Å². The van der Waals surface area contributed by atoms with Gasteiger partial charge in [0.25, 0.3) is 0 Å². The maximum Gasteiger partial charge on any atom is 0.326 e. The van der Waals surface area contributed by atoms with Crippen molar-refractivity contribution in [3.8, 4) is 0 Å². The van der Waals surface area contributed by atoms with Crippen molar-refractivity contribution >= 4 is 35.5 Å². The second-order valence-corrected chi connectivity index (χ2v) is 8.14. The Bertz CT molecular complexity index is 725. The van der Waals surface area contributed by atoms with Gasteiger partial charge in [0.1, 0.15) is 18.1 Å². The molecular weight excluding hydrogens is 424 g/mol. The van der Waals surface area contributed by atoms with Gasteiger partial charge in [-0.15, -0.1) is 0 Å². The predicted octanol–water partition coefficient (Wildman–Crippen LogP) is -2.69. The first-order valence-electron chi connectivity index (χ1n) is 10.1. The van der Waals surface area contributed by atoms with Crippen LogP contribution in [0.5, 0.6) is 0 Å². The molecule has 13 heteroatoms. The van der Waals surface area contributed by atoms with Crippen molar-refractivity contribution in [2.75, 3.05) is 0 Å². The molecule has 182 valence electrons. The number of nitrogens with one attached hydrogen (secondary N) is 3. The van der Waals surface area contributed by atoms with Crippen molar-refractivity contribution in [2.24, 2.45) is 29.0 Å². The zero-order chi connectivity index (χ0) is 25.2. The van der Waals surface area contributed by atoms with Gasteiger partial charge >= 0.3 is 5.97 Å². The number of amides is 5. The molecule has 0 aliphatic rings. The van der Waals surface area contributed by atoms with Crippen LogP contribution < -0.4 is 33.2 Å². The van der Waals surface area contributed by atoms with E-state index in [4.69, 9.17) is 22.3 Å². The van der Waals surface area contributed by atoms with Crippen molar-refractivity contribution in [3.63, 3.8) is 0 Å². The fourth-order valence-corrected chi connectivity index (χ4v) is 2.66. The monoisotopic (exact) mass is 458 g/mol. The number of rotatable bonds is 14. The molecule has 0 heterocycles. The molecule has 0 bridgehead atoms.